The minimum absolute atomic E-state index is 0.128. The van der Waals surface area contributed by atoms with E-state index >= 15 is 0 Å². The van der Waals surface area contributed by atoms with Crippen LogP contribution in [-0.2, 0) is 4.79 Å². The molecule has 0 aliphatic carbocycles. The number of carbonyl (C=O) groups is 1. The first-order valence-electron chi connectivity index (χ1n) is 4.45. The Hall–Kier alpha value is -0.870. The SMILES string of the molecule is C=C(C)CNC(=O)C(N)CCCN. The Labute approximate surface area is 79.4 Å². The summed E-state index contributed by atoms with van der Waals surface area (Å²) in [5, 5.41) is 2.69. The lowest BCUT2D eigenvalue weighted by molar-refractivity contribution is -0.122. The lowest BCUT2D eigenvalue weighted by Crippen LogP contribution is -2.41. The van der Waals surface area contributed by atoms with Crippen molar-refractivity contribution in [3.8, 4) is 0 Å². The van der Waals surface area contributed by atoms with Gasteiger partial charge in [-0.2, -0.15) is 0 Å². The molecule has 0 fully saturated rings. The Morgan fingerprint density at radius 1 is 1.62 bits per heavy atom. The van der Waals surface area contributed by atoms with Crippen LogP contribution in [0.3, 0.4) is 0 Å². The molecule has 0 radical (unpaired) electrons. The predicted octanol–water partition coefficient (Wildman–Crippen LogP) is -0.255. The third-order valence-electron chi connectivity index (χ3n) is 1.62. The Balaban J connectivity index is 3.63. The van der Waals surface area contributed by atoms with E-state index in [1.54, 1.807) is 0 Å². The van der Waals surface area contributed by atoms with Crippen LogP contribution in [0.5, 0.6) is 0 Å². The standard InChI is InChI=1S/C9H19N3O/c1-7(2)6-12-9(13)8(11)4-3-5-10/h8H,1,3-6,10-11H2,2H3,(H,12,13). The van der Waals surface area contributed by atoms with Gasteiger partial charge in [-0.1, -0.05) is 12.2 Å². The van der Waals surface area contributed by atoms with Gasteiger partial charge in [0.05, 0.1) is 6.04 Å². The molecule has 1 atom stereocenters. The molecule has 0 spiro atoms. The van der Waals surface area contributed by atoms with Crippen LogP contribution in [0.25, 0.3) is 0 Å². The number of hydrogen-bond acceptors (Lipinski definition) is 3. The van der Waals surface area contributed by atoms with Gasteiger partial charge in [0, 0.05) is 6.54 Å². The van der Waals surface area contributed by atoms with E-state index in [-0.39, 0.29) is 5.91 Å². The van der Waals surface area contributed by atoms with Gasteiger partial charge in [-0.3, -0.25) is 4.79 Å². The first kappa shape index (κ1) is 12.1. The number of hydrogen-bond donors (Lipinski definition) is 3. The molecule has 1 amide bonds. The third-order valence-corrected chi connectivity index (χ3v) is 1.62. The highest BCUT2D eigenvalue weighted by Crippen LogP contribution is 1.93. The Morgan fingerprint density at radius 2 is 2.23 bits per heavy atom. The van der Waals surface area contributed by atoms with Crippen LogP contribution in [0, 0.1) is 0 Å². The van der Waals surface area contributed by atoms with Gasteiger partial charge in [0.25, 0.3) is 0 Å². The minimum Gasteiger partial charge on any atom is -0.351 e. The van der Waals surface area contributed by atoms with Crippen molar-refractivity contribution in [3.05, 3.63) is 12.2 Å². The number of rotatable bonds is 6. The average Bonchev–Trinajstić information content (AvgIpc) is 2.10. The molecule has 0 aromatic rings. The topological polar surface area (TPSA) is 81.1 Å². The van der Waals surface area contributed by atoms with Crippen LogP contribution in [0.1, 0.15) is 19.8 Å². The Kier molecular flexibility index (Phi) is 6.18. The van der Waals surface area contributed by atoms with Gasteiger partial charge in [0.15, 0.2) is 0 Å². The zero-order valence-corrected chi connectivity index (χ0v) is 8.18. The maximum absolute atomic E-state index is 11.2. The maximum atomic E-state index is 11.2. The molecule has 5 N–H and O–H groups in total. The largest absolute Gasteiger partial charge is 0.351 e. The molecule has 0 heterocycles. The molecule has 0 aromatic heterocycles. The van der Waals surface area contributed by atoms with E-state index in [2.05, 4.69) is 11.9 Å². The third kappa shape index (κ3) is 6.31. The molecule has 76 valence electrons. The number of amides is 1. The second kappa shape index (κ2) is 6.62. The second-order valence-corrected chi connectivity index (χ2v) is 3.21. The smallest absolute Gasteiger partial charge is 0.237 e. The van der Waals surface area contributed by atoms with E-state index in [1.807, 2.05) is 6.92 Å². The average molecular weight is 185 g/mol. The highest BCUT2D eigenvalue weighted by molar-refractivity contribution is 5.81. The van der Waals surface area contributed by atoms with E-state index in [4.69, 9.17) is 11.5 Å². The van der Waals surface area contributed by atoms with Crippen molar-refractivity contribution in [2.24, 2.45) is 11.5 Å². The maximum Gasteiger partial charge on any atom is 0.237 e. The molecule has 0 aliphatic heterocycles. The van der Waals surface area contributed by atoms with E-state index in [9.17, 15) is 4.79 Å². The molecule has 0 bridgehead atoms. The lowest BCUT2D eigenvalue weighted by atomic mass is 10.1. The summed E-state index contributed by atoms with van der Waals surface area (Å²) in [6.45, 7) is 6.59. The summed E-state index contributed by atoms with van der Waals surface area (Å²) >= 11 is 0. The first-order chi connectivity index (χ1) is 6.07. The summed E-state index contributed by atoms with van der Waals surface area (Å²) in [4.78, 5) is 11.2. The summed E-state index contributed by atoms with van der Waals surface area (Å²) in [7, 11) is 0. The van der Waals surface area contributed by atoms with Crippen LogP contribution >= 0.6 is 0 Å². The molecule has 4 heteroatoms. The van der Waals surface area contributed by atoms with Crippen molar-refractivity contribution in [2.45, 2.75) is 25.8 Å². The quantitative estimate of drug-likeness (QED) is 0.499. The molecule has 1 unspecified atom stereocenters. The van der Waals surface area contributed by atoms with Crippen LogP contribution in [0.15, 0.2) is 12.2 Å². The van der Waals surface area contributed by atoms with Crippen molar-refractivity contribution in [1.82, 2.24) is 5.32 Å². The monoisotopic (exact) mass is 185 g/mol. The summed E-state index contributed by atoms with van der Waals surface area (Å²) in [5.41, 5.74) is 11.8. The lowest BCUT2D eigenvalue weighted by Gasteiger charge is -2.11. The van der Waals surface area contributed by atoms with E-state index in [0.29, 0.717) is 19.5 Å². The molecular formula is C9H19N3O. The molecule has 0 aromatic carbocycles. The Bertz CT molecular complexity index is 180. The van der Waals surface area contributed by atoms with Crippen LogP contribution in [-0.4, -0.2) is 25.0 Å². The van der Waals surface area contributed by atoms with Gasteiger partial charge in [-0.15, -0.1) is 0 Å². The van der Waals surface area contributed by atoms with Crippen molar-refractivity contribution in [1.29, 1.82) is 0 Å². The molecule has 0 saturated carbocycles. The van der Waals surface area contributed by atoms with E-state index in [1.165, 1.54) is 0 Å². The minimum atomic E-state index is -0.442. The zero-order chi connectivity index (χ0) is 10.3. The Morgan fingerprint density at radius 3 is 2.69 bits per heavy atom. The number of carbonyl (C=O) groups excluding carboxylic acids is 1. The number of nitrogens with one attached hydrogen (secondary N) is 1. The van der Waals surface area contributed by atoms with Crippen LogP contribution < -0.4 is 16.8 Å². The molecule has 0 aliphatic rings. The van der Waals surface area contributed by atoms with Crippen molar-refractivity contribution < 1.29 is 4.79 Å². The first-order valence-corrected chi connectivity index (χ1v) is 4.45. The van der Waals surface area contributed by atoms with Crippen LogP contribution in [0.4, 0.5) is 0 Å². The van der Waals surface area contributed by atoms with E-state index < -0.39 is 6.04 Å². The normalized spacial score (nSPS) is 12.2. The molecule has 0 saturated heterocycles. The van der Waals surface area contributed by atoms with Crippen molar-refractivity contribution in [2.75, 3.05) is 13.1 Å². The second-order valence-electron chi connectivity index (χ2n) is 3.21. The van der Waals surface area contributed by atoms with Gasteiger partial charge >= 0.3 is 0 Å². The summed E-state index contributed by atoms with van der Waals surface area (Å²) in [5.74, 6) is -0.128. The predicted molar refractivity (Wildman–Crippen MR) is 54.1 cm³/mol. The molecular weight excluding hydrogens is 166 g/mol. The van der Waals surface area contributed by atoms with Crippen LogP contribution in [0.2, 0.25) is 0 Å². The summed E-state index contributed by atoms with van der Waals surface area (Å²) in [6, 6.07) is -0.442. The van der Waals surface area contributed by atoms with Gasteiger partial charge in [-0.05, 0) is 26.3 Å². The van der Waals surface area contributed by atoms with Gasteiger partial charge in [-0.25, -0.2) is 0 Å². The highest BCUT2D eigenvalue weighted by Gasteiger charge is 2.11. The number of nitrogens with two attached hydrogens (primary N) is 2. The summed E-state index contributed by atoms with van der Waals surface area (Å²) < 4.78 is 0. The van der Waals surface area contributed by atoms with Gasteiger partial charge in [0.1, 0.15) is 0 Å². The fraction of sp³-hybridized carbons (Fsp3) is 0.667. The fourth-order valence-electron chi connectivity index (χ4n) is 0.838. The van der Waals surface area contributed by atoms with Gasteiger partial charge < -0.3 is 16.8 Å². The van der Waals surface area contributed by atoms with Crippen molar-refractivity contribution in [3.63, 3.8) is 0 Å². The zero-order valence-electron chi connectivity index (χ0n) is 8.18. The van der Waals surface area contributed by atoms with Gasteiger partial charge in [0.2, 0.25) is 5.91 Å². The molecule has 0 rings (SSSR count). The molecule has 13 heavy (non-hydrogen) atoms. The van der Waals surface area contributed by atoms with E-state index in [0.717, 1.165) is 12.0 Å². The summed E-state index contributed by atoms with van der Waals surface area (Å²) in [6.07, 6.45) is 1.42. The highest BCUT2D eigenvalue weighted by atomic mass is 16.2. The fourth-order valence-corrected chi connectivity index (χ4v) is 0.838. The molecule has 4 nitrogen and oxygen atoms in total. The van der Waals surface area contributed by atoms with Crippen molar-refractivity contribution >= 4 is 5.91 Å².